The first kappa shape index (κ1) is 15.2. The average molecular weight is 325 g/mol. The van der Waals surface area contributed by atoms with Crippen molar-refractivity contribution in [3.05, 3.63) is 35.5 Å². The van der Waals surface area contributed by atoms with E-state index in [1.54, 1.807) is 9.80 Å². The first-order valence-electron chi connectivity index (χ1n) is 8.63. The fourth-order valence-electron chi connectivity index (χ4n) is 4.27. The molecule has 1 N–H and O–H groups in total. The average Bonchev–Trinajstić information content (AvgIpc) is 2.92. The Balaban J connectivity index is 1.88. The fourth-order valence-corrected chi connectivity index (χ4v) is 4.27. The van der Waals surface area contributed by atoms with E-state index < -0.39 is 5.54 Å². The van der Waals surface area contributed by atoms with Crippen LogP contribution in [0.1, 0.15) is 32.0 Å². The van der Waals surface area contributed by atoms with Crippen LogP contribution in [0.3, 0.4) is 0 Å². The number of H-pyrrole nitrogens is 1. The summed E-state index contributed by atoms with van der Waals surface area (Å²) in [6, 6.07) is 8.13. The van der Waals surface area contributed by atoms with Crippen molar-refractivity contribution in [2.75, 3.05) is 19.6 Å². The molecule has 1 unspecified atom stereocenters. The Bertz CT molecular complexity index is 838. The van der Waals surface area contributed by atoms with E-state index in [-0.39, 0.29) is 18.4 Å². The van der Waals surface area contributed by atoms with Crippen LogP contribution < -0.4 is 0 Å². The van der Waals surface area contributed by atoms with Crippen molar-refractivity contribution in [2.45, 2.75) is 32.7 Å². The largest absolute Gasteiger partial charge is 0.356 e. The lowest BCUT2D eigenvalue weighted by Crippen LogP contribution is -2.67. The van der Waals surface area contributed by atoms with Crippen LogP contribution in [0.25, 0.3) is 10.9 Å². The lowest BCUT2D eigenvalue weighted by Gasteiger charge is -2.49. The molecule has 2 aliphatic rings. The third kappa shape index (κ3) is 1.93. The van der Waals surface area contributed by atoms with Crippen LogP contribution in [0, 0.1) is 5.92 Å². The molecule has 1 aromatic carbocycles. The molecule has 1 saturated heterocycles. The Kier molecular flexibility index (Phi) is 3.24. The lowest BCUT2D eigenvalue weighted by molar-refractivity contribution is -0.166. The summed E-state index contributed by atoms with van der Waals surface area (Å²) >= 11 is 0. The van der Waals surface area contributed by atoms with Gasteiger partial charge in [-0.05, 0) is 30.9 Å². The van der Waals surface area contributed by atoms with Gasteiger partial charge >= 0.3 is 0 Å². The summed E-state index contributed by atoms with van der Waals surface area (Å²) in [6.45, 7) is 7.45. The maximum absolute atomic E-state index is 13.3. The minimum atomic E-state index is -0.920. The Morgan fingerprint density at radius 1 is 1.25 bits per heavy atom. The molecule has 0 spiro atoms. The van der Waals surface area contributed by atoms with E-state index in [2.05, 4.69) is 24.9 Å². The Morgan fingerprint density at radius 2 is 2.00 bits per heavy atom. The molecule has 0 bridgehead atoms. The highest BCUT2D eigenvalue weighted by Crippen LogP contribution is 2.41. The molecule has 1 fully saturated rings. The number of piperazine rings is 1. The number of nitrogens with zero attached hydrogens (tertiary/aromatic N) is 2. The number of nitrogens with one attached hydrogen (secondary N) is 1. The normalized spacial score (nSPS) is 23.8. The smallest absolute Gasteiger partial charge is 0.254 e. The SMILES string of the molecule is CC(C)CN1CC(=O)N2CCc3c([nH]c4ccccc34)C2(C)C1=O. The monoisotopic (exact) mass is 325 g/mol. The molecule has 24 heavy (non-hydrogen) atoms. The minimum Gasteiger partial charge on any atom is -0.356 e. The topological polar surface area (TPSA) is 56.4 Å². The summed E-state index contributed by atoms with van der Waals surface area (Å²) in [5.41, 5.74) is 2.18. The van der Waals surface area contributed by atoms with E-state index in [9.17, 15) is 9.59 Å². The third-order valence-electron chi connectivity index (χ3n) is 5.34. The second-order valence-electron chi connectivity index (χ2n) is 7.47. The highest BCUT2D eigenvalue weighted by atomic mass is 16.2. The summed E-state index contributed by atoms with van der Waals surface area (Å²) < 4.78 is 0. The minimum absolute atomic E-state index is 0.0308. The first-order valence-corrected chi connectivity index (χ1v) is 8.63. The summed E-state index contributed by atoms with van der Waals surface area (Å²) in [7, 11) is 0. The summed E-state index contributed by atoms with van der Waals surface area (Å²) in [5.74, 6) is 0.410. The summed E-state index contributed by atoms with van der Waals surface area (Å²) in [5, 5.41) is 1.16. The van der Waals surface area contributed by atoms with Crippen LogP contribution in [0.4, 0.5) is 0 Å². The van der Waals surface area contributed by atoms with Gasteiger partial charge in [-0.25, -0.2) is 0 Å². The van der Waals surface area contributed by atoms with Crippen molar-refractivity contribution >= 4 is 22.7 Å². The van der Waals surface area contributed by atoms with E-state index in [0.717, 1.165) is 23.0 Å². The van der Waals surface area contributed by atoms with Crippen molar-refractivity contribution in [3.8, 4) is 0 Å². The van der Waals surface area contributed by atoms with Crippen molar-refractivity contribution in [2.24, 2.45) is 5.92 Å². The molecule has 2 aromatic rings. The van der Waals surface area contributed by atoms with E-state index in [1.807, 2.05) is 25.1 Å². The number of carbonyl (C=O) groups is 2. The zero-order valence-corrected chi connectivity index (χ0v) is 14.4. The summed E-state index contributed by atoms with van der Waals surface area (Å²) in [4.78, 5) is 33.0. The van der Waals surface area contributed by atoms with Crippen LogP contribution in [-0.4, -0.2) is 46.2 Å². The van der Waals surface area contributed by atoms with Gasteiger partial charge in [0.25, 0.3) is 5.91 Å². The molecular weight excluding hydrogens is 302 g/mol. The number of hydrogen-bond acceptors (Lipinski definition) is 2. The lowest BCUT2D eigenvalue weighted by atomic mass is 9.83. The van der Waals surface area contributed by atoms with Crippen molar-refractivity contribution in [1.29, 1.82) is 0 Å². The molecule has 3 heterocycles. The van der Waals surface area contributed by atoms with Gasteiger partial charge in [0.2, 0.25) is 5.91 Å². The number of fused-ring (bicyclic) bond motifs is 5. The molecule has 2 aliphatic heterocycles. The number of benzene rings is 1. The maximum Gasteiger partial charge on any atom is 0.254 e. The van der Waals surface area contributed by atoms with E-state index in [4.69, 9.17) is 0 Å². The van der Waals surface area contributed by atoms with Crippen LogP contribution in [-0.2, 0) is 21.5 Å². The number of rotatable bonds is 2. The quantitative estimate of drug-likeness (QED) is 0.921. The standard InChI is InChI=1S/C19H23N3O2/c1-12(2)10-21-11-16(23)22-9-8-14-13-6-4-5-7-15(13)20-17(14)19(22,3)18(21)24/h4-7,12,20H,8-11H2,1-3H3. The zero-order valence-electron chi connectivity index (χ0n) is 14.4. The predicted octanol–water partition coefficient (Wildman–Crippen LogP) is 2.27. The molecular formula is C19H23N3O2. The molecule has 4 rings (SSSR count). The second-order valence-corrected chi connectivity index (χ2v) is 7.47. The molecule has 0 radical (unpaired) electrons. The number of para-hydroxylation sites is 1. The van der Waals surface area contributed by atoms with Crippen molar-refractivity contribution < 1.29 is 9.59 Å². The van der Waals surface area contributed by atoms with Gasteiger partial charge in [-0.1, -0.05) is 32.0 Å². The highest BCUT2D eigenvalue weighted by Gasteiger charge is 2.53. The van der Waals surface area contributed by atoms with Gasteiger partial charge in [0.1, 0.15) is 0 Å². The van der Waals surface area contributed by atoms with Gasteiger partial charge in [0.15, 0.2) is 5.54 Å². The number of aromatic amines is 1. The van der Waals surface area contributed by atoms with Crippen molar-refractivity contribution in [1.82, 2.24) is 14.8 Å². The van der Waals surface area contributed by atoms with Gasteiger partial charge in [0, 0.05) is 24.0 Å². The number of hydrogen-bond donors (Lipinski definition) is 1. The molecule has 126 valence electrons. The third-order valence-corrected chi connectivity index (χ3v) is 5.34. The molecule has 0 aliphatic carbocycles. The molecule has 1 atom stereocenters. The highest BCUT2D eigenvalue weighted by molar-refractivity contribution is 6.00. The Labute approximate surface area is 141 Å². The van der Waals surface area contributed by atoms with Crippen LogP contribution in [0.2, 0.25) is 0 Å². The van der Waals surface area contributed by atoms with Gasteiger partial charge in [-0.15, -0.1) is 0 Å². The number of carbonyl (C=O) groups excluding carboxylic acids is 2. The van der Waals surface area contributed by atoms with Gasteiger partial charge < -0.3 is 14.8 Å². The fraction of sp³-hybridized carbons (Fsp3) is 0.474. The Morgan fingerprint density at radius 3 is 2.75 bits per heavy atom. The molecule has 5 nitrogen and oxygen atoms in total. The number of amides is 2. The van der Waals surface area contributed by atoms with Gasteiger partial charge in [0.05, 0.1) is 12.2 Å². The first-order chi connectivity index (χ1) is 11.4. The summed E-state index contributed by atoms with van der Waals surface area (Å²) in [6.07, 6.45) is 0.790. The van der Waals surface area contributed by atoms with E-state index in [1.165, 1.54) is 5.56 Å². The van der Waals surface area contributed by atoms with Gasteiger partial charge in [-0.2, -0.15) is 0 Å². The molecule has 5 heteroatoms. The van der Waals surface area contributed by atoms with E-state index >= 15 is 0 Å². The van der Waals surface area contributed by atoms with Crippen LogP contribution >= 0.6 is 0 Å². The predicted molar refractivity (Wildman–Crippen MR) is 92.5 cm³/mol. The maximum atomic E-state index is 13.3. The molecule has 2 amide bonds. The van der Waals surface area contributed by atoms with Gasteiger partial charge in [-0.3, -0.25) is 9.59 Å². The second kappa shape index (κ2) is 5.10. The molecule has 0 saturated carbocycles. The molecule has 1 aromatic heterocycles. The van der Waals surface area contributed by atoms with E-state index in [0.29, 0.717) is 19.0 Å². The number of aromatic nitrogens is 1. The Hall–Kier alpha value is -2.30. The van der Waals surface area contributed by atoms with Crippen molar-refractivity contribution in [3.63, 3.8) is 0 Å². The van der Waals surface area contributed by atoms with Crippen LogP contribution in [0.5, 0.6) is 0 Å². The zero-order chi connectivity index (χ0) is 17.1. The van der Waals surface area contributed by atoms with Crippen LogP contribution in [0.15, 0.2) is 24.3 Å².